The first-order chi connectivity index (χ1) is 8.84. The van der Waals surface area contributed by atoms with Crippen molar-refractivity contribution in [1.29, 1.82) is 0 Å². The minimum absolute atomic E-state index is 0.165. The molecule has 0 amide bonds. The van der Waals surface area contributed by atoms with E-state index in [1.54, 1.807) is 6.33 Å². The van der Waals surface area contributed by atoms with Gasteiger partial charge in [0.15, 0.2) is 0 Å². The molecule has 0 unspecified atom stereocenters. The van der Waals surface area contributed by atoms with Gasteiger partial charge in [0.05, 0.1) is 0 Å². The largest absolute Gasteiger partial charge is 0.364 e. The lowest BCUT2D eigenvalue weighted by Crippen LogP contribution is -2.39. The lowest BCUT2D eigenvalue weighted by Gasteiger charge is -2.26. The van der Waals surface area contributed by atoms with Crippen molar-refractivity contribution in [2.24, 2.45) is 11.7 Å². The molecule has 0 spiro atoms. The SMILES string of the molecule is CC(C)CCN(C)c1cc(NC(C)(C)CN)ncn1. The van der Waals surface area contributed by atoms with E-state index in [0.29, 0.717) is 12.5 Å². The minimum atomic E-state index is -0.165. The monoisotopic (exact) mass is 265 g/mol. The van der Waals surface area contributed by atoms with Gasteiger partial charge in [-0.25, -0.2) is 9.97 Å². The molecular formula is C14H27N5. The van der Waals surface area contributed by atoms with E-state index in [2.05, 4.69) is 54.9 Å². The predicted molar refractivity (Wildman–Crippen MR) is 81.5 cm³/mol. The van der Waals surface area contributed by atoms with E-state index in [9.17, 15) is 0 Å². The average molecular weight is 265 g/mol. The molecule has 0 fully saturated rings. The van der Waals surface area contributed by atoms with Crippen LogP contribution < -0.4 is 16.0 Å². The lowest BCUT2D eigenvalue weighted by atomic mass is 10.1. The summed E-state index contributed by atoms with van der Waals surface area (Å²) < 4.78 is 0. The van der Waals surface area contributed by atoms with Crippen LogP contribution in [0.4, 0.5) is 11.6 Å². The van der Waals surface area contributed by atoms with Crippen molar-refractivity contribution < 1.29 is 0 Å². The zero-order chi connectivity index (χ0) is 14.5. The van der Waals surface area contributed by atoms with Crippen molar-refractivity contribution in [2.75, 3.05) is 30.4 Å². The average Bonchev–Trinajstić information content (AvgIpc) is 2.35. The van der Waals surface area contributed by atoms with Gasteiger partial charge >= 0.3 is 0 Å². The first-order valence-electron chi connectivity index (χ1n) is 6.85. The maximum absolute atomic E-state index is 5.72. The van der Waals surface area contributed by atoms with Gasteiger partial charge in [0.25, 0.3) is 0 Å². The Balaban J connectivity index is 2.71. The van der Waals surface area contributed by atoms with Crippen LogP contribution in [0.5, 0.6) is 0 Å². The van der Waals surface area contributed by atoms with Gasteiger partial charge in [0.2, 0.25) is 0 Å². The Morgan fingerprint density at radius 1 is 1.37 bits per heavy atom. The first-order valence-corrected chi connectivity index (χ1v) is 6.85. The molecule has 0 aliphatic heterocycles. The Bertz CT molecular complexity index is 389. The standard InChI is InChI=1S/C14H27N5/c1-11(2)6-7-19(5)13-8-12(16-10-17-13)18-14(3,4)9-15/h8,10-11H,6-7,9,15H2,1-5H3,(H,16,17,18). The molecule has 19 heavy (non-hydrogen) atoms. The maximum atomic E-state index is 5.72. The molecule has 0 aliphatic rings. The highest BCUT2D eigenvalue weighted by Gasteiger charge is 2.16. The quantitative estimate of drug-likeness (QED) is 0.790. The fraction of sp³-hybridized carbons (Fsp3) is 0.714. The zero-order valence-corrected chi connectivity index (χ0v) is 12.8. The van der Waals surface area contributed by atoms with Crippen molar-refractivity contribution in [2.45, 2.75) is 39.7 Å². The summed E-state index contributed by atoms with van der Waals surface area (Å²) in [6.07, 6.45) is 2.74. The molecule has 108 valence electrons. The Kier molecular flexibility index (Phi) is 5.54. The molecule has 3 N–H and O–H groups in total. The minimum Gasteiger partial charge on any atom is -0.364 e. The van der Waals surface area contributed by atoms with Crippen LogP contribution in [0.3, 0.4) is 0 Å². The molecule has 0 saturated carbocycles. The third-order valence-corrected chi connectivity index (χ3v) is 3.06. The van der Waals surface area contributed by atoms with Crippen molar-refractivity contribution in [3.05, 3.63) is 12.4 Å². The number of hydrogen-bond acceptors (Lipinski definition) is 5. The predicted octanol–water partition coefficient (Wildman–Crippen LogP) is 2.11. The van der Waals surface area contributed by atoms with E-state index in [-0.39, 0.29) is 5.54 Å². The summed E-state index contributed by atoms with van der Waals surface area (Å²) in [7, 11) is 2.06. The van der Waals surface area contributed by atoms with E-state index in [0.717, 1.165) is 24.6 Å². The van der Waals surface area contributed by atoms with Crippen LogP contribution in [0.2, 0.25) is 0 Å². The molecular weight excluding hydrogens is 238 g/mol. The summed E-state index contributed by atoms with van der Waals surface area (Å²) in [5.41, 5.74) is 5.55. The van der Waals surface area contributed by atoms with Crippen molar-refractivity contribution in [1.82, 2.24) is 9.97 Å². The van der Waals surface area contributed by atoms with Crippen LogP contribution in [0.25, 0.3) is 0 Å². The number of anilines is 2. The highest BCUT2D eigenvalue weighted by atomic mass is 15.2. The highest BCUT2D eigenvalue weighted by molar-refractivity contribution is 5.49. The topological polar surface area (TPSA) is 67.1 Å². The van der Waals surface area contributed by atoms with Gasteiger partial charge in [-0.15, -0.1) is 0 Å². The molecule has 1 aromatic heterocycles. The number of nitrogens with zero attached hydrogens (tertiary/aromatic N) is 3. The molecule has 5 heteroatoms. The fourth-order valence-corrected chi connectivity index (χ4v) is 1.59. The summed E-state index contributed by atoms with van der Waals surface area (Å²) in [5, 5.41) is 3.33. The van der Waals surface area contributed by atoms with E-state index in [1.807, 2.05) is 6.07 Å². The second-order valence-electron chi connectivity index (χ2n) is 6.08. The van der Waals surface area contributed by atoms with Gasteiger partial charge in [-0.3, -0.25) is 0 Å². The third kappa shape index (κ3) is 5.42. The Morgan fingerprint density at radius 3 is 2.63 bits per heavy atom. The second kappa shape index (κ2) is 6.70. The van der Waals surface area contributed by atoms with Crippen LogP contribution in [0, 0.1) is 5.92 Å². The van der Waals surface area contributed by atoms with Gasteiger partial charge in [0.1, 0.15) is 18.0 Å². The Morgan fingerprint density at radius 2 is 2.05 bits per heavy atom. The normalized spacial score (nSPS) is 11.7. The summed E-state index contributed by atoms with van der Waals surface area (Å²) in [4.78, 5) is 10.7. The van der Waals surface area contributed by atoms with E-state index in [1.165, 1.54) is 0 Å². The number of rotatable bonds is 7. The van der Waals surface area contributed by atoms with Gasteiger partial charge in [-0.1, -0.05) is 13.8 Å². The van der Waals surface area contributed by atoms with Gasteiger partial charge in [0, 0.05) is 31.7 Å². The summed E-state index contributed by atoms with van der Waals surface area (Å²) in [6, 6.07) is 1.97. The fourth-order valence-electron chi connectivity index (χ4n) is 1.59. The zero-order valence-electron chi connectivity index (χ0n) is 12.8. The van der Waals surface area contributed by atoms with Crippen molar-refractivity contribution in [3.63, 3.8) is 0 Å². The van der Waals surface area contributed by atoms with Crippen molar-refractivity contribution in [3.8, 4) is 0 Å². The van der Waals surface area contributed by atoms with Gasteiger partial charge < -0.3 is 16.0 Å². The Hall–Kier alpha value is -1.36. The van der Waals surface area contributed by atoms with E-state index >= 15 is 0 Å². The number of hydrogen-bond donors (Lipinski definition) is 2. The molecule has 1 rings (SSSR count). The van der Waals surface area contributed by atoms with Crippen LogP contribution in [0.15, 0.2) is 12.4 Å². The van der Waals surface area contributed by atoms with Gasteiger partial charge in [-0.05, 0) is 26.2 Å². The smallest absolute Gasteiger partial charge is 0.133 e. The van der Waals surface area contributed by atoms with Crippen LogP contribution in [0.1, 0.15) is 34.1 Å². The van der Waals surface area contributed by atoms with Gasteiger partial charge in [-0.2, -0.15) is 0 Å². The second-order valence-corrected chi connectivity index (χ2v) is 6.08. The van der Waals surface area contributed by atoms with E-state index < -0.39 is 0 Å². The molecule has 0 saturated heterocycles. The van der Waals surface area contributed by atoms with Crippen molar-refractivity contribution >= 4 is 11.6 Å². The summed E-state index contributed by atoms with van der Waals surface area (Å²) in [6.45, 7) is 10.1. The molecule has 1 aromatic rings. The molecule has 0 bridgehead atoms. The third-order valence-electron chi connectivity index (χ3n) is 3.06. The van der Waals surface area contributed by atoms with E-state index in [4.69, 9.17) is 5.73 Å². The summed E-state index contributed by atoms with van der Waals surface area (Å²) in [5.74, 6) is 2.45. The number of nitrogens with two attached hydrogens (primary N) is 1. The molecule has 5 nitrogen and oxygen atoms in total. The summed E-state index contributed by atoms with van der Waals surface area (Å²) >= 11 is 0. The first kappa shape index (κ1) is 15.7. The molecule has 0 aliphatic carbocycles. The Labute approximate surface area is 116 Å². The maximum Gasteiger partial charge on any atom is 0.133 e. The molecule has 0 aromatic carbocycles. The van der Waals surface area contributed by atoms with Crippen LogP contribution in [-0.4, -0.2) is 35.6 Å². The molecule has 0 atom stereocenters. The lowest BCUT2D eigenvalue weighted by molar-refractivity contribution is 0.576. The molecule has 0 radical (unpaired) electrons. The molecule has 1 heterocycles. The highest BCUT2D eigenvalue weighted by Crippen LogP contribution is 2.17. The number of aromatic nitrogens is 2. The van der Waals surface area contributed by atoms with Crippen LogP contribution in [-0.2, 0) is 0 Å². The number of nitrogens with one attached hydrogen (secondary N) is 1. The van der Waals surface area contributed by atoms with Crippen LogP contribution >= 0.6 is 0 Å².